The molecule has 0 aliphatic heterocycles. The summed E-state index contributed by atoms with van der Waals surface area (Å²) < 4.78 is 0. The molecule has 2 rings (SSSR count). The second kappa shape index (κ2) is 3.39. The molecule has 1 atom stereocenters. The fourth-order valence-electron chi connectivity index (χ4n) is 2.28. The molecule has 0 radical (unpaired) electrons. The molecule has 1 heteroatoms. The minimum absolute atomic E-state index is 0.501. The first-order valence-corrected chi connectivity index (χ1v) is 5.40. The Balaban J connectivity index is 2.32. The van der Waals surface area contributed by atoms with Crippen molar-refractivity contribution in [3.8, 4) is 0 Å². The summed E-state index contributed by atoms with van der Waals surface area (Å²) in [5, 5.41) is 3.46. The SMILES string of the molecule is CNC(c1ccccc1C)C1(C)CC1. The molecule has 0 bridgehead atoms. The molecule has 0 aromatic heterocycles. The van der Waals surface area contributed by atoms with Gasteiger partial charge in [-0.2, -0.15) is 0 Å². The van der Waals surface area contributed by atoms with E-state index in [1.807, 2.05) is 0 Å². The van der Waals surface area contributed by atoms with Gasteiger partial charge in [-0.3, -0.25) is 0 Å². The van der Waals surface area contributed by atoms with E-state index in [4.69, 9.17) is 0 Å². The minimum atomic E-state index is 0.501. The molecule has 1 aromatic carbocycles. The molecule has 1 unspecified atom stereocenters. The Hall–Kier alpha value is -0.820. The third-order valence-electron chi connectivity index (χ3n) is 3.52. The average molecular weight is 189 g/mol. The maximum atomic E-state index is 3.46. The zero-order valence-corrected chi connectivity index (χ0v) is 9.30. The fraction of sp³-hybridized carbons (Fsp3) is 0.538. The van der Waals surface area contributed by atoms with Crippen LogP contribution in [0.3, 0.4) is 0 Å². The second-order valence-corrected chi connectivity index (χ2v) is 4.73. The van der Waals surface area contributed by atoms with E-state index in [1.54, 1.807) is 0 Å². The van der Waals surface area contributed by atoms with Gasteiger partial charge in [-0.05, 0) is 43.4 Å². The van der Waals surface area contributed by atoms with Gasteiger partial charge in [0.1, 0.15) is 0 Å². The lowest BCUT2D eigenvalue weighted by molar-refractivity contribution is 0.389. The zero-order chi connectivity index (χ0) is 10.2. The molecule has 14 heavy (non-hydrogen) atoms. The summed E-state index contributed by atoms with van der Waals surface area (Å²) in [7, 11) is 2.07. The summed E-state index contributed by atoms with van der Waals surface area (Å²) in [6, 6.07) is 9.23. The maximum Gasteiger partial charge on any atom is 0.0374 e. The molecule has 1 N–H and O–H groups in total. The van der Waals surface area contributed by atoms with Crippen molar-refractivity contribution in [2.75, 3.05) is 7.05 Å². The van der Waals surface area contributed by atoms with Gasteiger partial charge in [0.15, 0.2) is 0 Å². The molecule has 0 spiro atoms. The number of nitrogens with one attached hydrogen (secondary N) is 1. The van der Waals surface area contributed by atoms with E-state index >= 15 is 0 Å². The van der Waals surface area contributed by atoms with E-state index in [1.165, 1.54) is 24.0 Å². The summed E-state index contributed by atoms with van der Waals surface area (Å²) >= 11 is 0. The van der Waals surface area contributed by atoms with Gasteiger partial charge in [0, 0.05) is 6.04 Å². The van der Waals surface area contributed by atoms with Crippen molar-refractivity contribution in [1.82, 2.24) is 5.32 Å². The summed E-state index contributed by atoms with van der Waals surface area (Å²) in [6.07, 6.45) is 2.71. The Labute approximate surface area is 86.5 Å². The highest BCUT2D eigenvalue weighted by molar-refractivity contribution is 5.31. The Morgan fingerprint density at radius 2 is 1.93 bits per heavy atom. The normalized spacial score (nSPS) is 20.5. The van der Waals surface area contributed by atoms with Gasteiger partial charge in [0.25, 0.3) is 0 Å². The molecule has 1 nitrogen and oxygen atoms in total. The topological polar surface area (TPSA) is 12.0 Å². The van der Waals surface area contributed by atoms with Gasteiger partial charge in [-0.15, -0.1) is 0 Å². The molecule has 1 fully saturated rings. The molecular formula is C13H19N. The van der Waals surface area contributed by atoms with Gasteiger partial charge in [-0.25, -0.2) is 0 Å². The highest BCUT2D eigenvalue weighted by Gasteiger charge is 2.45. The average Bonchev–Trinajstić information content (AvgIpc) is 2.89. The highest BCUT2D eigenvalue weighted by atomic mass is 14.9. The van der Waals surface area contributed by atoms with Crippen LogP contribution >= 0.6 is 0 Å². The fourth-order valence-corrected chi connectivity index (χ4v) is 2.28. The predicted molar refractivity (Wildman–Crippen MR) is 60.3 cm³/mol. The van der Waals surface area contributed by atoms with Gasteiger partial charge < -0.3 is 5.32 Å². The van der Waals surface area contributed by atoms with E-state index in [-0.39, 0.29) is 0 Å². The van der Waals surface area contributed by atoms with E-state index in [9.17, 15) is 0 Å². The lowest BCUT2D eigenvalue weighted by atomic mass is 9.89. The smallest absolute Gasteiger partial charge is 0.0374 e. The van der Waals surface area contributed by atoms with Crippen LogP contribution in [0.5, 0.6) is 0 Å². The number of aryl methyl sites for hydroxylation is 1. The first kappa shape index (κ1) is 9.72. The largest absolute Gasteiger partial charge is 0.313 e. The Morgan fingerprint density at radius 3 is 2.43 bits per heavy atom. The van der Waals surface area contributed by atoms with Crippen LogP contribution in [0.4, 0.5) is 0 Å². The van der Waals surface area contributed by atoms with Crippen LogP contribution in [-0.4, -0.2) is 7.05 Å². The van der Waals surface area contributed by atoms with Gasteiger partial charge >= 0.3 is 0 Å². The van der Waals surface area contributed by atoms with Gasteiger partial charge in [0.2, 0.25) is 0 Å². The highest BCUT2D eigenvalue weighted by Crippen LogP contribution is 2.54. The summed E-state index contributed by atoms with van der Waals surface area (Å²) in [4.78, 5) is 0. The molecular weight excluding hydrogens is 170 g/mol. The molecule has 1 aromatic rings. The zero-order valence-electron chi connectivity index (χ0n) is 9.30. The third-order valence-corrected chi connectivity index (χ3v) is 3.52. The molecule has 76 valence electrons. The molecule has 1 aliphatic rings. The monoisotopic (exact) mass is 189 g/mol. The van der Waals surface area contributed by atoms with Crippen LogP contribution < -0.4 is 5.32 Å². The van der Waals surface area contributed by atoms with Crippen LogP contribution in [0.25, 0.3) is 0 Å². The molecule has 1 saturated carbocycles. The molecule has 0 amide bonds. The second-order valence-electron chi connectivity index (χ2n) is 4.73. The van der Waals surface area contributed by atoms with Crippen molar-refractivity contribution in [2.45, 2.75) is 32.7 Å². The number of hydrogen-bond acceptors (Lipinski definition) is 1. The number of hydrogen-bond donors (Lipinski definition) is 1. The van der Waals surface area contributed by atoms with Crippen LogP contribution in [0.1, 0.15) is 36.9 Å². The van der Waals surface area contributed by atoms with Crippen molar-refractivity contribution < 1.29 is 0 Å². The van der Waals surface area contributed by atoms with Crippen molar-refractivity contribution >= 4 is 0 Å². The van der Waals surface area contributed by atoms with Gasteiger partial charge in [-0.1, -0.05) is 31.2 Å². The summed E-state index contributed by atoms with van der Waals surface area (Å²) in [5.41, 5.74) is 3.37. The first-order valence-electron chi connectivity index (χ1n) is 5.40. The van der Waals surface area contributed by atoms with Crippen LogP contribution in [-0.2, 0) is 0 Å². The van der Waals surface area contributed by atoms with E-state index < -0.39 is 0 Å². The van der Waals surface area contributed by atoms with Crippen LogP contribution in [0.15, 0.2) is 24.3 Å². The van der Waals surface area contributed by atoms with E-state index in [0.717, 1.165) is 0 Å². The molecule has 1 aliphatic carbocycles. The quantitative estimate of drug-likeness (QED) is 0.770. The minimum Gasteiger partial charge on any atom is -0.313 e. The van der Waals surface area contributed by atoms with Crippen LogP contribution in [0.2, 0.25) is 0 Å². The van der Waals surface area contributed by atoms with Crippen molar-refractivity contribution in [3.63, 3.8) is 0 Å². The Bertz CT molecular complexity index is 326. The van der Waals surface area contributed by atoms with Gasteiger partial charge in [0.05, 0.1) is 0 Å². The first-order chi connectivity index (χ1) is 6.67. The van der Waals surface area contributed by atoms with Crippen molar-refractivity contribution in [3.05, 3.63) is 35.4 Å². The molecule has 0 saturated heterocycles. The summed E-state index contributed by atoms with van der Waals surface area (Å²) in [6.45, 7) is 4.58. The maximum absolute atomic E-state index is 3.46. The number of benzene rings is 1. The predicted octanol–water partition coefficient (Wildman–Crippen LogP) is 3.06. The third kappa shape index (κ3) is 1.57. The number of rotatable bonds is 3. The Morgan fingerprint density at radius 1 is 1.29 bits per heavy atom. The standard InChI is InChI=1S/C13H19N/c1-10-6-4-5-7-11(10)12(14-3)13(2)8-9-13/h4-7,12,14H,8-9H2,1-3H3. The Kier molecular flexibility index (Phi) is 2.36. The van der Waals surface area contributed by atoms with E-state index in [2.05, 4.69) is 50.5 Å². The lowest BCUT2D eigenvalue weighted by Crippen LogP contribution is -2.25. The van der Waals surface area contributed by atoms with Crippen molar-refractivity contribution in [1.29, 1.82) is 0 Å². The van der Waals surface area contributed by atoms with Crippen molar-refractivity contribution in [2.24, 2.45) is 5.41 Å². The summed E-state index contributed by atoms with van der Waals surface area (Å²) in [5.74, 6) is 0. The molecule has 0 heterocycles. The lowest BCUT2D eigenvalue weighted by Gasteiger charge is -2.25. The van der Waals surface area contributed by atoms with Crippen LogP contribution in [0, 0.1) is 12.3 Å². The van der Waals surface area contributed by atoms with E-state index in [0.29, 0.717) is 11.5 Å².